The Morgan fingerprint density at radius 1 is 1.23 bits per heavy atom. The van der Waals surface area contributed by atoms with E-state index in [9.17, 15) is 19.7 Å². The fraction of sp³-hybridized carbons (Fsp3) is 0.286. The number of benzene rings is 2. The fourth-order valence-electron chi connectivity index (χ4n) is 3.73. The predicted octanol–water partition coefficient (Wildman–Crippen LogP) is 2.90. The maximum absolute atomic E-state index is 13.1. The van der Waals surface area contributed by atoms with Gasteiger partial charge in [-0.3, -0.25) is 29.2 Å². The molecule has 0 spiro atoms. The summed E-state index contributed by atoms with van der Waals surface area (Å²) < 4.78 is 6.90. The first-order valence-electron chi connectivity index (χ1n) is 9.81. The van der Waals surface area contributed by atoms with Crippen LogP contribution < -0.4 is 10.2 Å². The van der Waals surface area contributed by atoms with Crippen LogP contribution in [0.2, 0.25) is 0 Å². The van der Waals surface area contributed by atoms with E-state index in [0.29, 0.717) is 31.2 Å². The average Bonchev–Trinajstić information content (AvgIpc) is 3.24. The SMILES string of the molecule is COCCCN1C(=O)[C@H](CC(=O)Nc2ccc([N+](=O)[O-])cc2)n2c1nc1ccccc12. The molecule has 2 amide bonds. The molecule has 2 heterocycles. The van der Waals surface area contributed by atoms with Gasteiger partial charge in [-0.05, 0) is 30.7 Å². The molecule has 0 saturated carbocycles. The van der Waals surface area contributed by atoms with Gasteiger partial charge in [0.05, 0.1) is 22.4 Å². The molecule has 0 radical (unpaired) electrons. The lowest BCUT2D eigenvalue weighted by atomic mass is 10.1. The number of hydrogen-bond acceptors (Lipinski definition) is 6. The van der Waals surface area contributed by atoms with Crippen molar-refractivity contribution in [2.24, 2.45) is 0 Å². The molecule has 1 aliphatic rings. The average molecular weight is 423 g/mol. The molecule has 160 valence electrons. The largest absolute Gasteiger partial charge is 0.385 e. The maximum atomic E-state index is 13.1. The summed E-state index contributed by atoms with van der Waals surface area (Å²) in [7, 11) is 1.60. The van der Waals surface area contributed by atoms with Gasteiger partial charge in [-0.2, -0.15) is 0 Å². The number of carbonyl (C=O) groups is 2. The molecule has 1 atom stereocenters. The van der Waals surface area contributed by atoms with Gasteiger partial charge in [0.15, 0.2) is 0 Å². The monoisotopic (exact) mass is 423 g/mol. The number of nitro groups is 1. The summed E-state index contributed by atoms with van der Waals surface area (Å²) in [5.74, 6) is -0.0340. The summed E-state index contributed by atoms with van der Waals surface area (Å²) in [4.78, 5) is 42.3. The van der Waals surface area contributed by atoms with E-state index >= 15 is 0 Å². The first-order valence-corrected chi connectivity index (χ1v) is 9.81. The van der Waals surface area contributed by atoms with Crippen LogP contribution in [0.1, 0.15) is 18.9 Å². The van der Waals surface area contributed by atoms with Gasteiger partial charge < -0.3 is 10.1 Å². The molecule has 3 aromatic rings. The highest BCUT2D eigenvalue weighted by molar-refractivity contribution is 6.05. The Bertz CT molecular complexity index is 1140. The number of nitro benzene ring substituents is 1. The second kappa shape index (κ2) is 8.52. The van der Waals surface area contributed by atoms with E-state index in [-0.39, 0.29) is 23.9 Å². The molecule has 1 N–H and O–H groups in total. The van der Waals surface area contributed by atoms with E-state index in [1.807, 2.05) is 24.3 Å². The Morgan fingerprint density at radius 2 is 1.97 bits per heavy atom. The van der Waals surface area contributed by atoms with Crippen molar-refractivity contribution in [1.82, 2.24) is 9.55 Å². The van der Waals surface area contributed by atoms with Gasteiger partial charge in [-0.1, -0.05) is 12.1 Å². The molecule has 0 unspecified atom stereocenters. The Labute approximate surface area is 177 Å². The van der Waals surface area contributed by atoms with Gasteiger partial charge in [-0.25, -0.2) is 4.98 Å². The molecule has 0 bridgehead atoms. The van der Waals surface area contributed by atoms with Crippen LogP contribution in [0.4, 0.5) is 17.3 Å². The van der Waals surface area contributed by atoms with Crippen LogP contribution in [0.5, 0.6) is 0 Å². The molecule has 0 saturated heterocycles. The third kappa shape index (κ3) is 3.97. The molecule has 0 fully saturated rings. The Morgan fingerprint density at radius 3 is 2.68 bits per heavy atom. The Kier molecular flexibility index (Phi) is 5.63. The minimum absolute atomic E-state index is 0.0646. The van der Waals surface area contributed by atoms with Crippen molar-refractivity contribution in [2.75, 3.05) is 30.5 Å². The van der Waals surface area contributed by atoms with E-state index in [0.717, 1.165) is 11.0 Å². The smallest absolute Gasteiger partial charge is 0.269 e. The summed E-state index contributed by atoms with van der Waals surface area (Å²) in [5, 5.41) is 13.5. The number of nitrogens with one attached hydrogen (secondary N) is 1. The number of rotatable bonds is 8. The Balaban J connectivity index is 1.56. The topological polar surface area (TPSA) is 120 Å². The molecular formula is C21H21N5O5. The maximum Gasteiger partial charge on any atom is 0.269 e. The molecule has 31 heavy (non-hydrogen) atoms. The second-order valence-corrected chi connectivity index (χ2v) is 7.18. The second-order valence-electron chi connectivity index (χ2n) is 7.18. The van der Waals surface area contributed by atoms with Crippen LogP contribution in [0.25, 0.3) is 11.0 Å². The van der Waals surface area contributed by atoms with Crippen molar-refractivity contribution >= 4 is 40.2 Å². The van der Waals surface area contributed by atoms with Crippen molar-refractivity contribution in [1.29, 1.82) is 0 Å². The lowest BCUT2D eigenvalue weighted by Crippen LogP contribution is -2.32. The highest BCUT2D eigenvalue weighted by Gasteiger charge is 2.40. The molecule has 10 heteroatoms. The van der Waals surface area contributed by atoms with Crippen molar-refractivity contribution in [3.63, 3.8) is 0 Å². The highest BCUT2D eigenvalue weighted by atomic mass is 16.6. The molecule has 4 rings (SSSR count). The lowest BCUT2D eigenvalue weighted by Gasteiger charge is -2.15. The van der Waals surface area contributed by atoms with Crippen LogP contribution in [0, 0.1) is 10.1 Å². The van der Waals surface area contributed by atoms with Gasteiger partial charge in [0.1, 0.15) is 6.04 Å². The zero-order chi connectivity index (χ0) is 22.0. The van der Waals surface area contributed by atoms with Gasteiger partial charge >= 0.3 is 0 Å². The van der Waals surface area contributed by atoms with E-state index < -0.39 is 11.0 Å². The molecular weight excluding hydrogens is 402 g/mol. The summed E-state index contributed by atoms with van der Waals surface area (Å²) >= 11 is 0. The summed E-state index contributed by atoms with van der Waals surface area (Å²) in [6, 6.07) is 12.3. The fourth-order valence-corrected chi connectivity index (χ4v) is 3.73. The van der Waals surface area contributed by atoms with Gasteiger partial charge in [0.2, 0.25) is 11.9 Å². The third-order valence-corrected chi connectivity index (χ3v) is 5.15. The quantitative estimate of drug-likeness (QED) is 0.338. The number of ether oxygens (including phenoxy) is 1. The van der Waals surface area contributed by atoms with E-state index in [4.69, 9.17) is 4.74 Å². The lowest BCUT2D eigenvalue weighted by molar-refractivity contribution is -0.384. The predicted molar refractivity (Wildman–Crippen MR) is 114 cm³/mol. The number of fused-ring (bicyclic) bond motifs is 3. The van der Waals surface area contributed by atoms with Gasteiger partial charge in [0, 0.05) is 38.1 Å². The van der Waals surface area contributed by atoms with Crippen LogP contribution in [0.15, 0.2) is 48.5 Å². The number of hydrogen-bond donors (Lipinski definition) is 1. The summed E-state index contributed by atoms with van der Waals surface area (Å²) in [6.45, 7) is 0.950. The minimum atomic E-state index is -0.719. The molecule has 10 nitrogen and oxygen atoms in total. The number of carbonyl (C=O) groups excluding carboxylic acids is 2. The van der Waals surface area contributed by atoms with Gasteiger partial charge in [0.25, 0.3) is 11.6 Å². The minimum Gasteiger partial charge on any atom is -0.385 e. The number of imidazole rings is 1. The van der Waals surface area contributed by atoms with E-state index in [2.05, 4.69) is 10.3 Å². The zero-order valence-corrected chi connectivity index (χ0v) is 16.9. The summed E-state index contributed by atoms with van der Waals surface area (Å²) in [5.41, 5.74) is 1.90. The first-order chi connectivity index (χ1) is 15.0. The van der Waals surface area contributed by atoms with Gasteiger partial charge in [-0.15, -0.1) is 0 Å². The summed E-state index contributed by atoms with van der Waals surface area (Å²) in [6.07, 6.45) is 0.567. The normalized spacial score (nSPS) is 15.3. The van der Waals surface area contributed by atoms with Crippen molar-refractivity contribution in [3.05, 3.63) is 58.6 Å². The number of aromatic nitrogens is 2. The number of non-ortho nitro benzene ring substituents is 1. The van der Waals surface area contributed by atoms with Crippen LogP contribution in [-0.2, 0) is 14.3 Å². The number of amides is 2. The van der Waals surface area contributed by atoms with Crippen LogP contribution in [-0.4, -0.2) is 46.6 Å². The van der Waals surface area contributed by atoms with E-state index in [1.54, 1.807) is 16.6 Å². The molecule has 2 aromatic carbocycles. The highest BCUT2D eigenvalue weighted by Crippen LogP contribution is 2.36. The third-order valence-electron chi connectivity index (χ3n) is 5.15. The zero-order valence-electron chi connectivity index (χ0n) is 16.9. The number of nitrogens with zero attached hydrogens (tertiary/aromatic N) is 4. The van der Waals surface area contributed by atoms with Crippen LogP contribution in [0.3, 0.4) is 0 Å². The molecule has 1 aromatic heterocycles. The number of para-hydroxylation sites is 2. The number of methoxy groups -OCH3 is 1. The van der Waals surface area contributed by atoms with Crippen LogP contribution >= 0.6 is 0 Å². The van der Waals surface area contributed by atoms with E-state index in [1.165, 1.54) is 24.3 Å². The first kappa shape index (κ1) is 20.5. The van der Waals surface area contributed by atoms with Crippen molar-refractivity contribution in [3.8, 4) is 0 Å². The molecule has 1 aliphatic heterocycles. The van der Waals surface area contributed by atoms with Crippen molar-refractivity contribution < 1.29 is 19.2 Å². The number of anilines is 2. The van der Waals surface area contributed by atoms with Crippen molar-refractivity contribution in [2.45, 2.75) is 18.9 Å². The standard InChI is InChI=1S/C21H21N5O5/c1-31-12-4-11-24-20(28)18(25-17-6-3-2-5-16(17)23-21(24)25)13-19(27)22-14-7-9-15(10-8-14)26(29)30/h2-3,5-10,18H,4,11-13H2,1H3,(H,22,27)/t18-/m0/s1. The Hall–Kier alpha value is -3.79. The molecule has 0 aliphatic carbocycles.